The van der Waals surface area contributed by atoms with E-state index < -0.39 is 0 Å². The molecule has 0 saturated carbocycles. The maximum Gasteiger partial charge on any atom is 0.191 e. The van der Waals surface area contributed by atoms with Crippen molar-refractivity contribution in [2.45, 2.75) is 26.6 Å². The van der Waals surface area contributed by atoms with E-state index in [0.717, 1.165) is 35.5 Å². The lowest BCUT2D eigenvalue weighted by Gasteiger charge is -2.13. The van der Waals surface area contributed by atoms with Gasteiger partial charge in [0.15, 0.2) is 5.96 Å². The maximum absolute atomic E-state index is 6.04. The SMILES string of the molecule is CCNC(=NCc1cccc(Cl)c1)NCc1nccn1Cc1ccccc1.I. The van der Waals surface area contributed by atoms with Crippen molar-refractivity contribution in [1.29, 1.82) is 0 Å². The maximum atomic E-state index is 6.04. The fourth-order valence-electron chi connectivity index (χ4n) is 2.74. The van der Waals surface area contributed by atoms with E-state index in [-0.39, 0.29) is 24.0 Å². The third-order valence-electron chi connectivity index (χ3n) is 4.06. The molecule has 0 spiro atoms. The molecule has 0 aliphatic rings. The monoisotopic (exact) mass is 509 g/mol. The molecule has 1 heterocycles. The van der Waals surface area contributed by atoms with Gasteiger partial charge in [0.05, 0.1) is 13.1 Å². The molecular weight excluding hydrogens is 485 g/mol. The van der Waals surface area contributed by atoms with Crippen molar-refractivity contribution in [3.63, 3.8) is 0 Å². The average Bonchev–Trinajstić information content (AvgIpc) is 3.12. The highest BCUT2D eigenvalue weighted by Crippen LogP contribution is 2.11. The van der Waals surface area contributed by atoms with E-state index >= 15 is 0 Å². The van der Waals surface area contributed by atoms with Crippen molar-refractivity contribution in [2.75, 3.05) is 6.54 Å². The van der Waals surface area contributed by atoms with Crippen molar-refractivity contribution >= 4 is 41.5 Å². The number of nitrogens with one attached hydrogen (secondary N) is 2. The number of benzene rings is 2. The van der Waals surface area contributed by atoms with Crippen LogP contribution >= 0.6 is 35.6 Å². The van der Waals surface area contributed by atoms with E-state index in [9.17, 15) is 0 Å². The number of aromatic nitrogens is 2. The minimum absolute atomic E-state index is 0. The molecule has 3 rings (SSSR count). The quantitative estimate of drug-likeness (QED) is 0.281. The summed E-state index contributed by atoms with van der Waals surface area (Å²) >= 11 is 6.04. The first kappa shape index (κ1) is 22.2. The van der Waals surface area contributed by atoms with Gasteiger partial charge in [-0.25, -0.2) is 9.98 Å². The number of rotatable bonds is 7. The Hall–Kier alpha value is -2.06. The first-order valence-electron chi connectivity index (χ1n) is 9.05. The molecule has 0 radical (unpaired) electrons. The van der Waals surface area contributed by atoms with Crippen LogP contribution in [0.5, 0.6) is 0 Å². The van der Waals surface area contributed by atoms with Gasteiger partial charge in [-0.1, -0.05) is 54.1 Å². The molecule has 0 saturated heterocycles. The van der Waals surface area contributed by atoms with Crippen LogP contribution in [0.15, 0.2) is 72.0 Å². The Morgan fingerprint density at radius 1 is 1.07 bits per heavy atom. The van der Waals surface area contributed by atoms with E-state index in [4.69, 9.17) is 11.6 Å². The number of hydrogen-bond acceptors (Lipinski definition) is 2. The molecule has 5 nitrogen and oxygen atoms in total. The van der Waals surface area contributed by atoms with E-state index in [0.29, 0.717) is 13.1 Å². The van der Waals surface area contributed by atoms with Crippen LogP contribution in [0.4, 0.5) is 0 Å². The highest BCUT2D eigenvalue weighted by atomic mass is 127. The van der Waals surface area contributed by atoms with Crippen molar-refractivity contribution in [3.05, 3.63) is 89.0 Å². The topological polar surface area (TPSA) is 54.2 Å². The molecule has 7 heteroatoms. The van der Waals surface area contributed by atoms with Crippen LogP contribution < -0.4 is 10.6 Å². The van der Waals surface area contributed by atoms with Crippen LogP contribution in [0.3, 0.4) is 0 Å². The van der Waals surface area contributed by atoms with Crippen LogP contribution in [0.1, 0.15) is 23.9 Å². The second-order valence-corrected chi connectivity index (χ2v) is 6.57. The van der Waals surface area contributed by atoms with Gasteiger partial charge in [-0.05, 0) is 30.2 Å². The highest BCUT2D eigenvalue weighted by Gasteiger charge is 2.05. The molecule has 0 amide bonds. The summed E-state index contributed by atoms with van der Waals surface area (Å²) in [6, 6.07) is 18.1. The van der Waals surface area contributed by atoms with Gasteiger partial charge in [0, 0.05) is 30.5 Å². The van der Waals surface area contributed by atoms with Crippen molar-refractivity contribution < 1.29 is 0 Å². The smallest absolute Gasteiger partial charge is 0.191 e. The number of aliphatic imine (C=N–C) groups is 1. The van der Waals surface area contributed by atoms with E-state index in [2.05, 4.69) is 49.4 Å². The lowest BCUT2D eigenvalue weighted by atomic mass is 10.2. The summed E-state index contributed by atoms with van der Waals surface area (Å²) in [7, 11) is 0. The lowest BCUT2D eigenvalue weighted by molar-refractivity contribution is 0.688. The molecular formula is C21H25ClIN5. The highest BCUT2D eigenvalue weighted by molar-refractivity contribution is 14.0. The summed E-state index contributed by atoms with van der Waals surface area (Å²) in [5, 5.41) is 7.35. The minimum atomic E-state index is 0. The zero-order valence-electron chi connectivity index (χ0n) is 15.8. The fourth-order valence-corrected chi connectivity index (χ4v) is 2.95. The Bertz CT molecular complexity index is 879. The second-order valence-electron chi connectivity index (χ2n) is 6.14. The minimum Gasteiger partial charge on any atom is -0.357 e. The van der Waals surface area contributed by atoms with E-state index in [1.54, 1.807) is 0 Å². The normalized spacial score (nSPS) is 11.0. The molecule has 2 N–H and O–H groups in total. The van der Waals surface area contributed by atoms with Crippen molar-refractivity contribution in [3.8, 4) is 0 Å². The summed E-state index contributed by atoms with van der Waals surface area (Å²) in [5.74, 6) is 1.72. The molecule has 0 atom stereocenters. The van der Waals surface area contributed by atoms with Crippen LogP contribution in [0, 0.1) is 0 Å². The van der Waals surface area contributed by atoms with Crippen LogP contribution in [-0.2, 0) is 19.6 Å². The van der Waals surface area contributed by atoms with Crippen molar-refractivity contribution in [1.82, 2.24) is 20.2 Å². The molecule has 2 aromatic carbocycles. The van der Waals surface area contributed by atoms with Gasteiger partial charge < -0.3 is 15.2 Å². The van der Waals surface area contributed by atoms with Gasteiger partial charge in [-0.2, -0.15) is 0 Å². The molecule has 3 aromatic rings. The van der Waals surface area contributed by atoms with Gasteiger partial charge in [0.1, 0.15) is 5.82 Å². The zero-order valence-corrected chi connectivity index (χ0v) is 18.9. The fraction of sp³-hybridized carbons (Fsp3) is 0.238. The predicted octanol–water partition coefficient (Wildman–Crippen LogP) is 4.46. The van der Waals surface area contributed by atoms with E-state index in [1.807, 2.05) is 49.6 Å². The Morgan fingerprint density at radius 2 is 1.86 bits per heavy atom. The number of nitrogens with zero attached hydrogens (tertiary/aromatic N) is 3. The molecule has 0 unspecified atom stereocenters. The summed E-state index contributed by atoms with van der Waals surface area (Å²) < 4.78 is 2.14. The lowest BCUT2D eigenvalue weighted by Crippen LogP contribution is -2.37. The molecule has 1 aromatic heterocycles. The molecule has 0 fully saturated rings. The Kier molecular flexibility index (Phi) is 9.30. The number of hydrogen-bond donors (Lipinski definition) is 2. The van der Waals surface area contributed by atoms with Gasteiger partial charge in [-0.3, -0.25) is 0 Å². The summed E-state index contributed by atoms with van der Waals surface area (Å²) in [6.07, 6.45) is 3.83. The standard InChI is InChI=1S/C21H24ClN5.HI/c1-2-23-21(25-14-18-9-6-10-19(22)13-18)26-15-20-24-11-12-27(20)16-17-7-4-3-5-8-17;/h3-13H,2,14-16H2,1H3,(H2,23,25,26);1H. The largest absolute Gasteiger partial charge is 0.357 e. The van der Waals surface area contributed by atoms with Crippen molar-refractivity contribution in [2.24, 2.45) is 4.99 Å². The Morgan fingerprint density at radius 3 is 2.61 bits per heavy atom. The Labute approximate surface area is 188 Å². The molecule has 28 heavy (non-hydrogen) atoms. The molecule has 0 aliphatic carbocycles. The van der Waals surface area contributed by atoms with E-state index in [1.165, 1.54) is 5.56 Å². The van der Waals surface area contributed by atoms with Gasteiger partial charge >= 0.3 is 0 Å². The zero-order chi connectivity index (χ0) is 18.9. The molecule has 148 valence electrons. The van der Waals surface area contributed by atoms with Crippen LogP contribution in [-0.4, -0.2) is 22.1 Å². The summed E-state index contributed by atoms with van der Waals surface area (Å²) in [6.45, 7) is 4.80. The van der Waals surface area contributed by atoms with Crippen LogP contribution in [0.2, 0.25) is 5.02 Å². The van der Waals surface area contributed by atoms with Gasteiger partial charge in [0.25, 0.3) is 0 Å². The molecule has 0 aliphatic heterocycles. The average molecular weight is 510 g/mol. The Balaban J connectivity index is 0.00000280. The first-order valence-corrected chi connectivity index (χ1v) is 9.43. The summed E-state index contributed by atoms with van der Waals surface area (Å²) in [4.78, 5) is 9.11. The van der Waals surface area contributed by atoms with Gasteiger partial charge in [0.2, 0.25) is 0 Å². The number of halogens is 2. The molecule has 0 bridgehead atoms. The van der Waals surface area contributed by atoms with Crippen LogP contribution in [0.25, 0.3) is 0 Å². The number of guanidine groups is 1. The number of imidazole rings is 1. The predicted molar refractivity (Wildman–Crippen MR) is 126 cm³/mol. The first-order chi connectivity index (χ1) is 13.2. The van der Waals surface area contributed by atoms with Gasteiger partial charge in [-0.15, -0.1) is 24.0 Å². The summed E-state index contributed by atoms with van der Waals surface area (Å²) in [5.41, 5.74) is 2.32. The third kappa shape index (κ3) is 6.83. The third-order valence-corrected chi connectivity index (χ3v) is 4.30. The second kappa shape index (κ2) is 11.7.